The summed E-state index contributed by atoms with van der Waals surface area (Å²) in [5.41, 5.74) is 6.40. The van der Waals surface area contributed by atoms with E-state index in [9.17, 15) is 9.59 Å². The number of benzene rings is 1. The molecule has 0 unspecified atom stereocenters. The number of nitrogens with one attached hydrogen (secondary N) is 2. The molecule has 0 aromatic heterocycles. The van der Waals surface area contributed by atoms with E-state index in [0.717, 1.165) is 25.9 Å². The number of hydrogen-bond donors (Lipinski definition) is 3. The van der Waals surface area contributed by atoms with Crippen LogP contribution in [0.2, 0.25) is 0 Å². The smallest absolute Gasteiger partial charge is 0.248 e. The van der Waals surface area contributed by atoms with Crippen LogP contribution in [-0.4, -0.2) is 30.9 Å². The van der Waals surface area contributed by atoms with E-state index in [1.165, 1.54) is 0 Å². The standard InChI is InChI=1S/C14H19N3O2.ClH/c15-14(19)12-4-2-1-3-10(12)9-13(18)17-11-5-7-16-8-6-11;/h1-4,11,16H,5-9H2,(H2,15,19)(H,17,18);1H. The lowest BCUT2D eigenvalue weighted by Gasteiger charge is -2.23. The van der Waals surface area contributed by atoms with E-state index < -0.39 is 5.91 Å². The zero-order valence-electron chi connectivity index (χ0n) is 11.2. The lowest BCUT2D eigenvalue weighted by atomic mass is 10.0. The van der Waals surface area contributed by atoms with Crippen molar-refractivity contribution in [1.82, 2.24) is 10.6 Å². The molecule has 20 heavy (non-hydrogen) atoms. The number of primary amides is 1. The van der Waals surface area contributed by atoms with Crippen molar-refractivity contribution in [1.29, 1.82) is 0 Å². The monoisotopic (exact) mass is 297 g/mol. The molecule has 0 atom stereocenters. The maximum atomic E-state index is 12.0. The zero-order chi connectivity index (χ0) is 13.7. The van der Waals surface area contributed by atoms with Gasteiger partial charge in [-0.15, -0.1) is 12.4 Å². The van der Waals surface area contributed by atoms with Gasteiger partial charge in [-0.2, -0.15) is 0 Å². The summed E-state index contributed by atoms with van der Waals surface area (Å²) in [7, 11) is 0. The second-order valence-electron chi connectivity index (χ2n) is 4.79. The number of piperidine rings is 1. The first kappa shape index (κ1) is 16.5. The van der Waals surface area contributed by atoms with Gasteiger partial charge in [-0.05, 0) is 37.6 Å². The Labute approximate surface area is 124 Å². The van der Waals surface area contributed by atoms with Crippen molar-refractivity contribution < 1.29 is 9.59 Å². The summed E-state index contributed by atoms with van der Waals surface area (Å²) in [5.74, 6) is -0.550. The molecule has 0 radical (unpaired) electrons. The third kappa shape index (κ3) is 4.51. The highest BCUT2D eigenvalue weighted by molar-refractivity contribution is 5.95. The fraction of sp³-hybridized carbons (Fsp3) is 0.429. The molecule has 4 N–H and O–H groups in total. The fourth-order valence-electron chi connectivity index (χ4n) is 2.33. The predicted molar refractivity (Wildman–Crippen MR) is 79.9 cm³/mol. The summed E-state index contributed by atoms with van der Waals surface area (Å²) in [5, 5.41) is 6.25. The summed E-state index contributed by atoms with van der Waals surface area (Å²) >= 11 is 0. The van der Waals surface area contributed by atoms with E-state index in [2.05, 4.69) is 10.6 Å². The van der Waals surface area contributed by atoms with Gasteiger partial charge in [-0.3, -0.25) is 9.59 Å². The number of carbonyl (C=O) groups is 2. The van der Waals surface area contributed by atoms with Crippen molar-refractivity contribution in [3.05, 3.63) is 35.4 Å². The lowest BCUT2D eigenvalue weighted by molar-refractivity contribution is -0.121. The van der Waals surface area contributed by atoms with E-state index in [-0.39, 0.29) is 30.8 Å². The van der Waals surface area contributed by atoms with Crippen LogP contribution in [0.1, 0.15) is 28.8 Å². The molecule has 1 heterocycles. The number of nitrogens with two attached hydrogens (primary N) is 1. The van der Waals surface area contributed by atoms with Crippen molar-refractivity contribution in [3.63, 3.8) is 0 Å². The minimum atomic E-state index is -0.495. The maximum absolute atomic E-state index is 12.0. The molecule has 0 saturated carbocycles. The third-order valence-corrected chi connectivity index (χ3v) is 3.34. The fourth-order valence-corrected chi connectivity index (χ4v) is 2.33. The minimum absolute atomic E-state index is 0. The van der Waals surface area contributed by atoms with Crippen LogP contribution < -0.4 is 16.4 Å². The average molecular weight is 298 g/mol. The molecule has 6 heteroatoms. The van der Waals surface area contributed by atoms with Crippen LogP contribution in [0.25, 0.3) is 0 Å². The number of halogens is 1. The molecule has 0 spiro atoms. The molecule has 1 aromatic rings. The Morgan fingerprint density at radius 3 is 2.55 bits per heavy atom. The van der Waals surface area contributed by atoms with Crippen LogP contribution >= 0.6 is 12.4 Å². The van der Waals surface area contributed by atoms with E-state index >= 15 is 0 Å². The second kappa shape index (κ2) is 7.87. The Balaban J connectivity index is 0.00000200. The molecule has 1 fully saturated rings. The van der Waals surface area contributed by atoms with E-state index in [1.54, 1.807) is 24.3 Å². The summed E-state index contributed by atoms with van der Waals surface area (Å²) in [6.07, 6.45) is 2.09. The van der Waals surface area contributed by atoms with Crippen LogP contribution in [0, 0.1) is 0 Å². The summed E-state index contributed by atoms with van der Waals surface area (Å²) < 4.78 is 0. The second-order valence-corrected chi connectivity index (χ2v) is 4.79. The van der Waals surface area contributed by atoms with Crippen molar-refractivity contribution in [2.24, 2.45) is 5.73 Å². The van der Waals surface area contributed by atoms with E-state index in [4.69, 9.17) is 5.73 Å². The molecular weight excluding hydrogens is 278 g/mol. The van der Waals surface area contributed by atoms with Gasteiger partial charge in [0.25, 0.3) is 0 Å². The number of carbonyl (C=O) groups excluding carboxylic acids is 2. The highest BCUT2D eigenvalue weighted by atomic mass is 35.5. The molecule has 5 nitrogen and oxygen atoms in total. The predicted octanol–water partition coefficient (Wildman–Crippen LogP) is 0.618. The number of hydrogen-bond acceptors (Lipinski definition) is 3. The number of rotatable bonds is 4. The van der Waals surface area contributed by atoms with Crippen LogP contribution in [-0.2, 0) is 11.2 Å². The highest BCUT2D eigenvalue weighted by Gasteiger charge is 2.17. The normalized spacial score (nSPS) is 15.2. The maximum Gasteiger partial charge on any atom is 0.248 e. The molecule has 0 bridgehead atoms. The van der Waals surface area contributed by atoms with Crippen LogP contribution in [0.15, 0.2) is 24.3 Å². The molecule has 1 aromatic carbocycles. The molecule has 110 valence electrons. The Hall–Kier alpha value is -1.59. The third-order valence-electron chi connectivity index (χ3n) is 3.34. The van der Waals surface area contributed by atoms with Gasteiger partial charge in [0.15, 0.2) is 0 Å². The van der Waals surface area contributed by atoms with Gasteiger partial charge >= 0.3 is 0 Å². The SMILES string of the molecule is Cl.NC(=O)c1ccccc1CC(=O)NC1CCNCC1. The Morgan fingerprint density at radius 1 is 1.25 bits per heavy atom. The molecular formula is C14H20ClN3O2. The lowest BCUT2D eigenvalue weighted by Crippen LogP contribution is -2.43. The van der Waals surface area contributed by atoms with Crippen LogP contribution in [0.5, 0.6) is 0 Å². The molecule has 1 saturated heterocycles. The summed E-state index contributed by atoms with van der Waals surface area (Å²) in [6.45, 7) is 1.87. The number of amides is 2. The zero-order valence-corrected chi connectivity index (χ0v) is 12.0. The topological polar surface area (TPSA) is 84.2 Å². The van der Waals surface area contributed by atoms with Crippen LogP contribution in [0.4, 0.5) is 0 Å². The molecule has 1 aliphatic heterocycles. The molecule has 0 aliphatic carbocycles. The molecule has 2 rings (SSSR count). The van der Waals surface area contributed by atoms with Gasteiger partial charge in [-0.1, -0.05) is 18.2 Å². The summed E-state index contributed by atoms with van der Waals surface area (Å²) in [6, 6.07) is 7.19. The minimum Gasteiger partial charge on any atom is -0.366 e. The van der Waals surface area contributed by atoms with Gasteiger partial charge in [0, 0.05) is 11.6 Å². The molecule has 1 aliphatic rings. The van der Waals surface area contributed by atoms with Crippen molar-refractivity contribution in [2.45, 2.75) is 25.3 Å². The highest BCUT2D eigenvalue weighted by Crippen LogP contribution is 2.09. The first-order chi connectivity index (χ1) is 9.16. The van der Waals surface area contributed by atoms with Crippen molar-refractivity contribution >= 4 is 24.2 Å². The Kier molecular flexibility index (Phi) is 6.48. The first-order valence-corrected chi connectivity index (χ1v) is 6.54. The Bertz CT molecular complexity index is 473. The van der Waals surface area contributed by atoms with Gasteiger partial charge in [0.2, 0.25) is 11.8 Å². The van der Waals surface area contributed by atoms with E-state index in [0.29, 0.717) is 11.1 Å². The average Bonchev–Trinajstić information content (AvgIpc) is 2.40. The van der Waals surface area contributed by atoms with Gasteiger partial charge in [-0.25, -0.2) is 0 Å². The van der Waals surface area contributed by atoms with Gasteiger partial charge < -0.3 is 16.4 Å². The van der Waals surface area contributed by atoms with Gasteiger partial charge in [0.05, 0.1) is 6.42 Å². The summed E-state index contributed by atoms with van der Waals surface area (Å²) in [4.78, 5) is 23.2. The first-order valence-electron chi connectivity index (χ1n) is 6.54. The molecule has 2 amide bonds. The van der Waals surface area contributed by atoms with Crippen molar-refractivity contribution in [3.8, 4) is 0 Å². The van der Waals surface area contributed by atoms with Crippen LogP contribution in [0.3, 0.4) is 0 Å². The van der Waals surface area contributed by atoms with Crippen molar-refractivity contribution in [2.75, 3.05) is 13.1 Å². The van der Waals surface area contributed by atoms with Gasteiger partial charge in [0.1, 0.15) is 0 Å². The van der Waals surface area contributed by atoms with E-state index in [1.807, 2.05) is 0 Å². The quantitative estimate of drug-likeness (QED) is 0.761. The Morgan fingerprint density at radius 2 is 1.90 bits per heavy atom. The largest absolute Gasteiger partial charge is 0.366 e.